The number of sulfonamides is 1. The van der Waals surface area contributed by atoms with E-state index in [0.29, 0.717) is 23.2 Å². The van der Waals surface area contributed by atoms with E-state index in [-0.39, 0.29) is 21.8 Å². The van der Waals surface area contributed by atoms with Gasteiger partial charge >= 0.3 is 0 Å². The number of nitrogens with one attached hydrogen (secondary N) is 1. The van der Waals surface area contributed by atoms with Crippen LogP contribution in [0.5, 0.6) is 0 Å². The van der Waals surface area contributed by atoms with Crippen LogP contribution < -0.4 is 5.32 Å². The summed E-state index contributed by atoms with van der Waals surface area (Å²) in [6, 6.07) is 12.2. The molecular weight excluding hydrogens is 440 g/mol. The number of nitrogens with zero attached hydrogens (tertiary/aromatic N) is 1. The van der Waals surface area contributed by atoms with Gasteiger partial charge in [0.2, 0.25) is 10.0 Å². The zero-order valence-electron chi connectivity index (χ0n) is 16.9. The molecule has 0 saturated heterocycles. The number of hydrogen-bond donors (Lipinski definition) is 1. The second-order valence-electron chi connectivity index (χ2n) is 7.48. The molecule has 28 heavy (non-hydrogen) atoms. The molecule has 0 aliphatic heterocycles. The summed E-state index contributed by atoms with van der Waals surface area (Å²) < 4.78 is 27.5. The third-order valence-electron chi connectivity index (χ3n) is 4.51. The number of hydrogen-bond acceptors (Lipinski definition) is 3. The lowest BCUT2D eigenvalue weighted by Crippen LogP contribution is -2.30. The highest BCUT2D eigenvalue weighted by molar-refractivity contribution is 9.10. The molecule has 1 amide bonds. The maximum absolute atomic E-state index is 13.0. The first-order chi connectivity index (χ1) is 13.0. The van der Waals surface area contributed by atoms with Gasteiger partial charge in [0.25, 0.3) is 5.91 Å². The van der Waals surface area contributed by atoms with Crippen LogP contribution in [0.1, 0.15) is 50.5 Å². The number of halogens is 1. The second kappa shape index (κ2) is 8.76. The molecule has 0 spiro atoms. The molecule has 0 fully saturated rings. The molecule has 0 aliphatic rings. The van der Waals surface area contributed by atoms with Crippen molar-refractivity contribution in [2.45, 2.75) is 44.9 Å². The van der Waals surface area contributed by atoms with Crippen molar-refractivity contribution in [1.82, 2.24) is 4.31 Å². The van der Waals surface area contributed by atoms with Gasteiger partial charge in [-0.3, -0.25) is 4.79 Å². The Hall–Kier alpha value is -1.70. The van der Waals surface area contributed by atoms with E-state index < -0.39 is 10.0 Å². The quantitative estimate of drug-likeness (QED) is 0.648. The van der Waals surface area contributed by atoms with Crippen molar-refractivity contribution < 1.29 is 13.2 Å². The van der Waals surface area contributed by atoms with Crippen molar-refractivity contribution in [1.29, 1.82) is 0 Å². The molecule has 0 heterocycles. The van der Waals surface area contributed by atoms with Gasteiger partial charge in [0.15, 0.2) is 0 Å². The summed E-state index contributed by atoms with van der Waals surface area (Å²) in [5.41, 5.74) is 1.85. The molecular formula is C21H27BrN2O3S. The third-order valence-corrected chi connectivity index (χ3v) is 7.25. The first-order valence-corrected chi connectivity index (χ1v) is 11.5. The Bertz CT molecular complexity index is 962. The normalized spacial score (nSPS) is 12.2. The average molecular weight is 467 g/mol. The number of rotatable bonds is 6. The minimum Gasteiger partial charge on any atom is -0.322 e. The van der Waals surface area contributed by atoms with E-state index in [0.717, 1.165) is 5.56 Å². The Balaban J connectivity index is 2.43. The number of carbonyl (C=O) groups excluding carboxylic acids is 1. The zero-order chi connectivity index (χ0) is 21.1. The molecule has 0 bridgehead atoms. The van der Waals surface area contributed by atoms with Crippen molar-refractivity contribution in [3.8, 4) is 0 Å². The van der Waals surface area contributed by atoms with Gasteiger partial charge in [0.05, 0.1) is 10.5 Å². The SMILES string of the molecule is CCN(CC)S(=O)(=O)c1ccc(Br)c(C(=O)Nc2ccccc2C(C)(C)C)c1. The molecule has 1 N–H and O–H groups in total. The summed E-state index contributed by atoms with van der Waals surface area (Å²) in [5.74, 6) is -0.361. The van der Waals surface area contributed by atoms with Crippen molar-refractivity contribution in [3.05, 3.63) is 58.1 Å². The van der Waals surface area contributed by atoms with Crippen LogP contribution in [0.3, 0.4) is 0 Å². The molecule has 0 unspecified atom stereocenters. The Kier molecular flexibility index (Phi) is 7.07. The maximum atomic E-state index is 13.0. The molecule has 0 aromatic heterocycles. The number of anilines is 1. The molecule has 0 saturated carbocycles. The predicted molar refractivity (Wildman–Crippen MR) is 117 cm³/mol. The van der Waals surface area contributed by atoms with Crippen molar-refractivity contribution >= 4 is 37.5 Å². The van der Waals surface area contributed by atoms with Crippen LogP contribution in [0.2, 0.25) is 0 Å². The third kappa shape index (κ3) is 4.82. The number of para-hydroxylation sites is 1. The highest BCUT2D eigenvalue weighted by Gasteiger charge is 2.24. The van der Waals surface area contributed by atoms with Gasteiger partial charge in [0.1, 0.15) is 0 Å². The van der Waals surface area contributed by atoms with Gasteiger partial charge in [-0.2, -0.15) is 4.31 Å². The van der Waals surface area contributed by atoms with E-state index >= 15 is 0 Å². The topological polar surface area (TPSA) is 66.5 Å². The molecule has 152 valence electrons. The van der Waals surface area contributed by atoms with Crippen LogP contribution in [0.25, 0.3) is 0 Å². The Morgan fingerprint density at radius 2 is 1.68 bits per heavy atom. The van der Waals surface area contributed by atoms with Crippen molar-refractivity contribution in [3.63, 3.8) is 0 Å². The monoisotopic (exact) mass is 466 g/mol. The van der Waals surface area contributed by atoms with Crippen LogP contribution in [-0.2, 0) is 15.4 Å². The van der Waals surface area contributed by atoms with Crippen molar-refractivity contribution in [2.24, 2.45) is 0 Å². The molecule has 2 aromatic rings. The van der Waals surface area contributed by atoms with Gasteiger partial charge in [-0.15, -0.1) is 0 Å². The summed E-state index contributed by atoms with van der Waals surface area (Å²) in [6.45, 7) is 10.5. The van der Waals surface area contributed by atoms with E-state index in [1.165, 1.54) is 16.4 Å². The minimum absolute atomic E-state index is 0.105. The van der Waals surface area contributed by atoms with E-state index in [1.807, 2.05) is 24.3 Å². The van der Waals surface area contributed by atoms with Gasteiger partial charge in [-0.05, 0) is 51.2 Å². The Morgan fingerprint density at radius 3 is 2.25 bits per heavy atom. The van der Waals surface area contributed by atoms with Crippen LogP contribution in [-0.4, -0.2) is 31.7 Å². The zero-order valence-corrected chi connectivity index (χ0v) is 19.3. The Morgan fingerprint density at radius 1 is 1.07 bits per heavy atom. The summed E-state index contributed by atoms with van der Waals surface area (Å²) >= 11 is 3.37. The largest absolute Gasteiger partial charge is 0.322 e. The second-order valence-corrected chi connectivity index (χ2v) is 10.3. The summed E-state index contributed by atoms with van der Waals surface area (Å²) in [4.78, 5) is 13.1. The molecule has 0 atom stereocenters. The number of carbonyl (C=O) groups is 1. The fourth-order valence-electron chi connectivity index (χ4n) is 2.99. The smallest absolute Gasteiger partial charge is 0.256 e. The minimum atomic E-state index is -3.65. The first kappa shape index (κ1) is 22.6. The highest BCUT2D eigenvalue weighted by atomic mass is 79.9. The van der Waals surface area contributed by atoms with E-state index in [9.17, 15) is 13.2 Å². The van der Waals surface area contributed by atoms with Gasteiger partial charge < -0.3 is 5.32 Å². The van der Waals surface area contributed by atoms with Gasteiger partial charge in [0, 0.05) is 23.2 Å². The van der Waals surface area contributed by atoms with Crippen LogP contribution in [0.4, 0.5) is 5.69 Å². The molecule has 7 heteroatoms. The Labute approximate surface area is 176 Å². The average Bonchev–Trinajstić information content (AvgIpc) is 2.62. The standard InChI is InChI=1S/C21H27BrN2O3S/c1-6-24(7-2)28(26,27)15-12-13-18(22)16(14-15)20(25)23-19-11-9-8-10-17(19)21(3,4)5/h8-14H,6-7H2,1-5H3,(H,23,25). The molecule has 0 radical (unpaired) electrons. The summed E-state index contributed by atoms with van der Waals surface area (Å²) in [5, 5.41) is 2.93. The van der Waals surface area contributed by atoms with Crippen LogP contribution in [0.15, 0.2) is 51.8 Å². The highest BCUT2D eigenvalue weighted by Crippen LogP contribution is 2.30. The predicted octanol–water partition coefficient (Wildman–Crippen LogP) is 5.03. The van der Waals surface area contributed by atoms with E-state index in [2.05, 4.69) is 42.0 Å². The van der Waals surface area contributed by atoms with Gasteiger partial charge in [-0.1, -0.05) is 52.8 Å². The summed E-state index contributed by atoms with van der Waals surface area (Å²) in [6.07, 6.45) is 0. The fourth-order valence-corrected chi connectivity index (χ4v) is 4.90. The van der Waals surface area contributed by atoms with Crippen molar-refractivity contribution in [2.75, 3.05) is 18.4 Å². The number of amides is 1. The maximum Gasteiger partial charge on any atom is 0.256 e. The lowest BCUT2D eigenvalue weighted by atomic mass is 9.86. The van der Waals surface area contributed by atoms with Crippen LogP contribution >= 0.6 is 15.9 Å². The molecule has 2 rings (SSSR count). The molecule has 0 aliphatic carbocycles. The van der Waals surface area contributed by atoms with E-state index in [1.54, 1.807) is 19.9 Å². The van der Waals surface area contributed by atoms with Gasteiger partial charge in [-0.25, -0.2) is 8.42 Å². The lowest BCUT2D eigenvalue weighted by Gasteiger charge is -2.23. The molecule has 5 nitrogen and oxygen atoms in total. The summed E-state index contributed by atoms with van der Waals surface area (Å²) in [7, 11) is -3.65. The fraction of sp³-hybridized carbons (Fsp3) is 0.381. The number of benzene rings is 2. The van der Waals surface area contributed by atoms with E-state index in [4.69, 9.17) is 0 Å². The first-order valence-electron chi connectivity index (χ1n) is 9.23. The van der Waals surface area contributed by atoms with Crippen LogP contribution in [0, 0.1) is 0 Å². The lowest BCUT2D eigenvalue weighted by molar-refractivity contribution is 0.102. The molecule has 2 aromatic carbocycles.